The lowest BCUT2D eigenvalue weighted by Crippen LogP contribution is -2.26. The van der Waals surface area contributed by atoms with Gasteiger partial charge in [-0.2, -0.15) is 0 Å². The molecule has 15 heavy (non-hydrogen) atoms. The number of rotatable bonds is 5. The maximum absolute atomic E-state index is 5.76. The molecular weight excluding hydrogens is 186 g/mol. The monoisotopic (exact) mass is 205 g/mol. The second-order valence-corrected chi connectivity index (χ2v) is 4.25. The molecule has 0 aromatic carbocycles. The van der Waals surface area contributed by atoms with E-state index in [1.54, 1.807) is 6.20 Å². The molecule has 1 saturated carbocycles. The van der Waals surface area contributed by atoms with Crippen LogP contribution in [0.2, 0.25) is 0 Å². The molecule has 0 spiro atoms. The molecule has 3 heteroatoms. The molecule has 3 nitrogen and oxygen atoms in total. The molecule has 1 aromatic rings. The summed E-state index contributed by atoms with van der Waals surface area (Å²) in [6.45, 7) is 3.36. The van der Waals surface area contributed by atoms with Crippen LogP contribution in [-0.4, -0.2) is 17.6 Å². The van der Waals surface area contributed by atoms with E-state index in [9.17, 15) is 0 Å². The molecule has 1 fully saturated rings. The van der Waals surface area contributed by atoms with Crippen LogP contribution < -0.4 is 10.6 Å². The average molecular weight is 205 g/mol. The fraction of sp³-hybridized carbons (Fsp3) is 0.583. The zero-order valence-corrected chi connectivity index (χ0v) is 9.32. The molecule has 0 saturated heterocycles. The van der Waals surface area contributed by atoms with Crippen molar-refractivity contribution in [2.45, 2.75) is 38.6 Å². The number of hydrogen-bond acceptors (Lipinski definition) is 3. The Kier molecular flexibility index (Phi) is 3.09. The highest BCUT2D eigenvalue weighted by molar-refractivity contribution is 5.54. The molecule has 1 aliphatic carbocycles. The summed E-state index contributed by atoms with van der Waals surface area (Å²) in [5.41, 5.74) is 7.70. The van der Waals surface area contributed by atoms with E-state index in [1.807, 2.05) is 12.3 Å². The molecule has 2 N–H and O–H groups in total. The molecular formula is C12H19N3. The molecule has 0 aliphatic heterocycles. The number of anilines is 2. The zero-order chi connectivity index (χ0) is 10.7. The zero-order valence-electron chi connectivity index (χ0n) is 9.32. The van der Waals surface area contributed by atoms with Gasteiger partial charge in [-0.3, -0.25) is 4.98 Å². The van der Waals surface area contributed by atoms with E-state index in [0.29, 0.717) is 0 Å². The van der Waals surface area contributed by atoms with Crippen LogP contribution in [0.3, 0.4) is 0 Å². The van der Waals surface area contributed by atoms with E-state index in [1.165, 1.54) is 31.4 Å². The van der Waals surface area contributed by atoms with Crippen LogP contribution in [0.25, 0.3) is 0 Å². The molecule has 1 aromatic heterocycles. The molecule has 1 aliphatic rings. The SMILES string of the molecule is CCCCN(c1cncc(N)c1)C1CC1. The third-order valence-corrected chi connectivity index (χ3v) is 2.82. The Morgan fingerprint density at radius 2 is 2.27 bits per heavy atom. The van der Waals surface area contributed by atoms with Gasteiger partial charge < -0.3 is 10.6 Å². The smallest absolute Gasteiger partial charge is 0.0575 e. The highest BCUT2D eigenvalue weighted by Crippen LogP contribution is 2.32. The van der Waals surface area contributed by atoms with Gasteiger partial charge in [0.05, 0.1) is 17.6 Å². The lowest BCUT2D eigenvalue weighted by atomic mass is 10.2. The predicted octanol–water partition coefficient (Wildman–Crippen LogP) is 2.43. The van der Waals surface area contributed by atoms with Crippen LogP contribution in [-0.2, 0) is 0 Å². The minimum absolute atomic E-state index is 0.736. The van der Waals surface area contributed by atoms with Gasteiger partial charge in [-0.05, 0) is 25.3 Å². The third-order valence-electron chi connectivity index (χ3n) is 2.82. The number of hydrogen-bond donors (Lipinski definition) is 1. The normalized spacial score (nSPS) is 15.3. The number of nitrogens with zero attached hydrogens (tertiary/aromatic N) is 2. The third kappa shape index (κ3) is 2.61. The molecule has 1 heterocycles. The Balaban J connectivity index is 2.09. The fourth-order valence-corrected chi connectivity index (χ4v) is 1.84. The van der Waals surface area contributed by atoms with Crippen molar-refractivity contribution < 1.29 is 0 Å². The van der Waals surface area contributed by atoms with E-state index in [2.05, 4.69) is 16.8 Å². The van der Waals surface area contributed by atoms with Crippen LogP contribution in [0, 0.1) is 0 Å². The Hall–Kier alpha value is -1.25. The summed E-state index contributed by atoms with van der Waals surface area (Å²) >= 11 is 0. The molecule has 0 atom stereocenters. The molecule has 0 bridgehead atoms. The number of aromatic nitrogens is 1. The van der Waals surface area contributed by atoms with Crippen molar-refractivity contribution in [2.75, 3.05) is 17.2 Å². The maximum Gasteiger partial charge on any atom is 0.0575 e. The lowest BCUT2D eigenvalue weighted by molar-refractivity contribution is 0.712. The quantitative estimate of drug-likeness (QED) is 0.802. The van der Waals surface area contributed by atoms with Crippen molar-refractivity contribution >= 4 is 11.4 Å². The second kappa shape index (κ2) is 4.51. The number of pyridine rings is 1. The first-order valence-electron chi connectivity index (χ1n) is 5.78. The first-order chi connectivity index (χ1) is 7.31. The largest absolute Gasteiger partial charge is 0.397 e. The summed E-state index contributed by atoms with van der Waals surface area (Å²) in [6, 6.07) is 2.76. The maximum atomic E-state index is 5.76. The van der Waals surface area contributed by atoms with Crippen molar-refractivity contribution in [3.63, 3.8) is 0 Å². The Bertz CT molecular complexity index is 320. The van der Waals surface area contributed by atoms with Crippen molar-refractivity contribution in [1.82, 2.24) is 4.98 Å². The number of nitrogens with two attached hydrogens (primary N) is 1. The van der Waals surface area contributed by atoms with Crippen LogP contribution in [0.15, 0.2) is 18.5 Å². The number of nitrogen functional groups attached to an aromatic ring is 1. The van der Waals surface area contributed by atoms with E-state index in [0.717, 1.165) is 18.3 Å². The minimum Gasteiger partial charge on any atom is -0.397 e. The first kappa shape index (κ1) is 10.3. The standard InChI is InChI=1S/C12H19N3/c1-2-3-6-15(11-4-5-11)12-7-10(13)8-14-9-12/h7-9,11H,2-6,13H2,1H3. The van der Waals surface area contributed by atoms with E-state index < -0.39 is 0 Å². The summed E-state index contributed by atoms with van der Waals surface area (Å²) in [5.74, 6) is 0. The summed E-state index contributed by atoms with van der Waals surface area (Å²) in [7, 11) is 0. The van der Waals surface area contributed by atoms with Gasteiger partial charge in [0.15, 0.2) is 0 Å². The molecule has 0 unspecified atom stereocenters. The van der Waals surface area contributed by atoms with Crippen molar-refractivity contribution in [2.24, 2.45) is 0 Å². The van der Waals surface area contributed by atoms with E-state index in [4.69, 9.17) is 5.73 Å². The average Bonchev–Trinajstić information content (AvgIpc) is 3.03. The highest BCUT2D eigenvalue weighted by Gasteiger charge is 2.28. The highest BCUT2D eigenvalue weighted by atomic mass is 15.2. The van der Waals surface area contributed by atoms with Gasteiger partial charge in [0.1, 0.15) is 0 Å². The summed E-state index contributed by atoms with van der Waals surface area (Å²) in [4.78, 5) is 6.61. The minimum atomic E-state index is 0.736. The molecule has 82 valence electrons. The topological polar surface area (TPSA) is 42.2 Å². The Morgan fingerprint density at radius 3 is 2.87 bits per heavy atom. The van der Waals surface area contributed by atoms with E-state index in [-0.39, 0.29) is 0 Å². The fourth-order valence-electron chi connectivity index (χ4n) is 1.84. The summed E-state index contributed by atoms with van der Waals surface area (Å²) in [6.07, 6.45) is 8.74. The molecule has 2 rings (SSSR count). The van der Waals surface area contributed by atoms with Gasteiger partial charge in [-0.25, -0.2) is 0 Å². The van der Waals surface area contributed by atoms with Crippen molar-refractivity contribution in [1.29, 1.82) is 0 Å². The van der Waals surface area contributed by atoms with Crippen molar-refractivity contribution in [3.05, 3.63) is 18.5 Å². The van der Waals surface area contributed by atoms with E-state index >= 15 is 0 Å². The second-order valence-electron chi connectivity index (χ2n) is 4.25. The Labute approximate surface area is 91.3 Å². The van der Waals surface area contributed by atoms with Gasteiger partial charge in [0, 0.05) is 18.8 Å². The van der Waals surface area contributed by atoms with Gasteiger partial charge in [-0.1, -0.05) is 13.3 Å². The molecule has 0 radical (unpaired) electrons. The summed E-state index contributed by atoms with van der Waals surface area (Å²) < 4.78 is 0. The van der Waals surface area contributed by atoms with Gasteiger partial charge in [0.2, 0.25) is 0 Å². The van der Waals surface area contributed by atoms with Gasteiger partial charge >= 0.3 is 0 Å². The first-order valence-corrected chi connectivity index (χ1v) is 5.78. The molecule has 0 amide bonds. The predicted molar refractivity (Wildman–Crippen MR) is 63.9 cm³/mol. The lowest BCUT2D eigenvalue weighted by Gasteiger charge is -2.24. The van der Waals surface area contributed by atoms with Crippen molar-refractivity contribution in [3.8, 4) is 0 Å². The van der Waals surface area contributed by atoms with Crippen LogP contribution in [0.1, 0.15) is 32.6 Å². The number of unbranched alkanes of at least 4 members (excludes halogenated alkanes) is 1. The van der Waals surface area contributed by atoms with Crippen LogP contribution in [0.5, 0.6) is 0 Å². The Morgan fingerprint density at radius 1 is 1.47 bits per heavy atom. The summed E-state index contributed by atoms with van der Waals surface area (Å²) in [5, 5.41) is 0. The van der Waals surface area contributed by atoms with Crippen LogP contribution in [0.4, 0.5) is 11.4 Å². The van der Waals surface area contributed by atoms with Gasteiger partial charge in [0.25, 0.3) is 0 Å². The van der Waals surface area contributed by atoms with Crippen LogP contribution >= 0.6 is 0 Å². The van der Waals surface area contributed by atoms with Gasteiger partial charge in [-0.15, -0.1) is 0 Å².